The fourth-order valence-electron chi connectivity index (χ4n) is 2.15. The van der Waals surface area contributed by atoms with Crippen LogP contribution in [0, 0.1) is 0 Å². The fourth-order valence-corrected chi connectivity index (χ4v) is 2.39. The van der Waals surface area contributed by atoms with Crippen LogP contribution in [0.15, 0.2) is 18.2 Å². The molecule has 0 aliphatic carbocycles. The molecule has 1 atom stereocenters. The zero-order valence-electron chi connectivity index (χ0n) is 11.5. The van der Waals surface area contributed by atoms with Gasteiger partial charge in [0, 0.05) is 12.0 Å². The second kappa shape index (κ2) is 6.52. The van der Waals surface area contributed by atoms with Crippen LogP contribution >= 0.6 is 11.6 Å². The van der Waals surface area contributed by atoms with E-state index in [2.05, 4.69) is 10.6 Å². The number of carbonyl (C=O) groups excluding carboxylic acids is 3. The van der Waals surface area contributed by atoms with Gasteiger partial charge in [0.15, 0.2) is 6.04 Å². The molecule has 6 N–H and O–H groups in total. The summed E-state index contributed by atoms with van der Waals surface area (Å²) in [7, 11) is 0. The molecule has 1 aliphatic heterocycles. The van der Waals surface area contributed by atoms with Gasteiger partial charge in [0.25, 0.3) is 0 Å². The maximum absolute atomic E-state index is 11.9. The van der Waals surface area contributed by atoms with Gasteiger partial charge in [-0.25, -0.2) is 4.79 Å². The van der Waals surface area contributed by atoms with E-state index >= 15 is 0 Å². The Kier molecular flexibility index (Phi) is 4.71. The first kappa shape index (κ1) is 15.9. The monoisotopic (exact) mass is 326 g/mol. The van der Waals surface area contributed by atoms with Crippen LogP contribution in [0.4, 0.5) is 4.79 Å². The minimum absolute atomic E-state index is 0.371. The SMILES string of the molecule is NC(=O)C(NC(=O)NC1CCOc2c(Cl)cccc21)C(N)=O. The van der Waals surface area contributed by atoms with Crippen molar-refractivity contribution in [1.82, 2.24) is 10.6 Å². The number of urea groups is 1. The minimum Gasteiger partial charge on any atom is -0.492 e. The predicted molar refractivity (Wildman–Crippen MR) is 78.1 cm³/mol. The van der Waals surface area contributed by atoms with Crippen molar-refractivity contribution >= 4 is 29.4 Å². The van der Waals surface area contributed by atoms with Crippen LogP contribution in [0.1, 0.15) is 18.0 Å². The van der Waals surface area contributed by atoms with Gasteiger partial charge in [-0.2, -0.15) is 0 Å². The summed E-state index contributed by atoms with van der Waals surface area (Å²) in [4.78, 5) is 34.0. The average molecular weight is 327 g/mol. The quantitative estimate of drug-likeness (QED) is 0.569. The number of benzene rings is 1. The number of fused-ring (bicyclic) bond motifs is 1. The van der Waals surface area contributed by atoms with Crippen molar-refractivity contribution in [3.8, 4) is 5.75 Å². The van der Waals surface area contributed by atoms with Gasteiger partial charge in [-0.3, -0.25) is 9.59 Å². The Morgan fingerprint density at radius 3 is 2.59 bits per heavy atom. The Labute approximate surface area is 131 Å². The summed E-state index contributed by atoms with van der Waals surface area (Å²) in [6.07, 6.45) is 0.512. The van der Waals surface area contributed by atoms with E-state index < -0.39 is 23.9 Å². The van der Waals surface area contributed by atoms with E-state index in [0.29, 0.717) is 29.4 Å². The summed E-state index contributed by atoms with van der Waals surface area (Å²) in [6, 6.07) is 2.50. The maximum Gasteiger partial charge on any atom is 0.316 e. The summed E-state index contributed by atoms with van der Waals surface area (Å²) >= 11 is 6.04. The van der Waals surface area contributed by atoms with Gasteiger partial charge in [-0.05, 0) is 6.07 Å². The van der Waals surface area contributed by atoms with Crippen LogP contribution in [0.3, 0.4) is 0 Å². The molecule has 0 saturated heterocycles. The van der Waals surface area contributed by atoms with Gasteiger partial charge in [0.1, 0.15) is 5.75 Å². The summed E-state index contributed by atoms with van der Waals surface area (Å²) < 4.78 is 5.47. The highest BCUT2D eigenvalue weighted by atomic mass is 35.5. The molecule has 1 aromatic rings. The lowest BCUT2D eigenvalue weighted by molar-refractivity contribution is -0.128. The average Bonchev–Trinajstić information content (AvgIpc) is 2.45. The second-order valence-corrected chi connectivity index (χ2v) is 5.11. The Hall–Kier alpha value is -2.48. The zero-order valence-corrected chi connectivity index (χ0v) is 12.2. The van der Waals surface area contributed by atoms with Crippen molar-refractivity contribution in [2.75, 3.05) is 6.61 Å². The first-order chi connectivity index (χ1) is 10.4. The number of hydrogen-bond acceptors (Lipinski definition) is 4. The molecular weight excluding hydrogens is 312 g/mol. The third kappa shape index (κ3) is 3.40. The molecule has 1 aliphatic rings. The van der Waals surface area contributed by atoms with Crippen LogP contribution in [0.25, 0.3) is 0 Å². The minimum atomic E-state index is -1.57. The molecule has 4 amide bonds. The number of hydrogen-bond donors (Lipinski definition) is 4. The number of halogens is 1. The number of para-hydroxylation sites is 1. The lowest BCUT2D eigenvalue weighted by Gasteiger charge is -2.27. The normalized spacial score (nSPS) is 16.4. The molecular formula is C13H15ClN4O4. The van der Waals surface area contributed by atoms with Gasteiger partial charge in [-0.15, -0.1) is 0 Å². The van der Waals surface area contributed by atoms with Crippen LogP contribution in [0.5, 0.6) is 5.75 Å². The molecule has 2 rings (SSSR count). The van der Waals surface area contributed by atoms with Gasteiger partial charge >= 0.3 is 6.03 Å². The molecule has 22 heavy (non-hydrogen) atoms. The first-order valence-corrected chi connectivity index (χ1v) is 6.85. The highest BCUT2D eigenvalue weighted by Crippen LogP contribution is 2.37. The van der Waals surface area contributed by atoms with Gasteiger partial charge < -0.3 is 26.8 Å². The van der Waals surface area contributed by atoms with Gasteiger partial charge in [-0.1, -0.05) is 23.7 Å². The van der Waals surface area contributed by atoms with E-state index in [-0.39, 0.29) is 6.04 Å². The van der Waals surface area contributed by atoms with E-state index in [4.69, 9.17) is 27.8 Å². The maximum atomic E-state index is 11.9. The number of amides is 4. The molecule has 0 saturated carbocycles. The van der Waals surface area contributed by atoms with Crippen molar-refractivity contribution in [2.24, 2.45) is 11.5 Å². The third-order valence-electron chi connectivity index (χ3n) is 3.18. The molecule has 0 bridgehead atoms. The number of carbonyl (C=O) groups is 3. The number of rotatable bonds is 4. The summed E-state index contributed by atoms with van der Waals surface area (Å²) in [5.41, 5.74) is 10.7. The molecule has 0 radical (unpaired) electrons. The van der Waals surface area contributed by atoms with Crippen molar-refractivity contribution < 1.29 is 19.1 Å². The van der Waals surface area contributed by atoms with Crippen molar-refractivity contribution in [3.63, 3.8) is 0 Å². The molecule has 0 fully saturated rings. The predicted octanol–water partition coefficient (Wildman–Crippen LogP) is -0.198. The molecule has 118 valence electrons. The molecule has 9 heteroatoms. The van der Waals surface area contributed by atoms with Crippen LogP contribution in [-0.4, -0.2) is 30.5 Å². The van der Waals surface area contributed by atoms with E-state index in [1.807, 2.05) is 0 Å². The van der Waals surface area contributed by atoms with Crippen LogP contribution in [-0.2, 0) is 9.59 Å². The van der Waals surface area contributed by atoms with E-state index in [1.165, 1.54) is 0 Å². The Morgan fingerprint density at radius 1 is 1.27 bits per heavy atom. The van der Waals surface area contributed by atoms with Gasteiger partial charge in [0.2, 0.25) is 11.8 Å². The van der Waals surface area contributed by atoms with Crippen LogP contribution in [0.2, 0.25) is 5.02 Å². The molecule has 8 nitrogen and oxygen atoms in total. The third-order valence-corrected chi connectivity index (χ3v) is 3.47. The highest BCUT2D eigenvalue weighted by molar-refractivity contribution is 6.32. The largest absolute Gasteiger partial charge is 0.492 e. The lowest BCUT2D eigenvalue weighted by Crippen LogP contribution is -2.55. The topological polar surface area (TPSA) is 137 Å². The number of primary amides is 2. The summed E-state index contributed by atoms with van der Waals surface area (Å²) in [5, 5.41) is 5.22. The Bertz CT molecular complexity index is 608. The second-order valence-electron chi connectivity index (χ2n) is 4.70. The first-order valence-electron chi connectivity index (χ1n) is 6.47. The number of ether oxygens (including phenoxy) is 1. The smallest absolute Gasteiger partial charge is 0.316 e. The summed E-state index contributed by atoms with van der Waals surface area (Å²) in [6.45, 7) is 0.372. The molecule has 1 unspecified atom stereocenters. The van der Waals surface area contributed by atoms with Crippen molar-refractivity contribution in [3.05, 3.63) is 28.8 Å². The Balaban J connectivity index is 2.09. The van der Waals surface area contributed by atoms with E-state index in [1.54, 1.807) is 18.2 Å². The fraction of sp³-hybridized carbons (Fsp3) is 0.308. The Morgan fingerprint density at radius 2 is 1.95 bits per heavy atom. The zero-order chi connectivity index (χ0) is 16.3. The molecule has 0 aromatic heterocycles. The molecule has 1 heterocycles. The number of nitrogens with one attached hydrogen (secondary N) is 2. The molecule has 1 aromatic carbocycles. The van der Waals surface area contributed by atoms with Crippen LogP contribution < -0.4 is 26.8 Å². The standard InChI is InChI=1S/C13H15ClN4O4/c14-7-3-1-2-6-8(4-5-22-10(6)7)17-13(21)18-9(11(15)19)12(16)20/h1-3,8-9H,4-5H2,(H2,15,19)(H2,16,20)(H2,17,18,21). The van der Waals surface area contributed by atoms with Crippen molar-refractivity contribution in [2.45, 2.75) is 18.5 Å². The lowest BCUT2D eigenvalue weighted by atomic mass is 10.0. The number of nitrogens with two attached hydrogens (primary N) is 2. The van der Waals surface area contributed by atoms with Crippen molar-refractivity contribution in [1.29, 1.82) is 0 Å². The summed E-state index contributed by atoms with van der Waals surface area (Å²) in [5.74, 6) is -1.56. The highest BCUT2D eigenvalue weighted by Gasteiger charge is 2.28. The van der Waals surface area contributed by atoms with Gasteiger partial charge in [0.05, 0.1) is 17.7 Å². The van der Waals surface area contributed by atoms with E-state index in [9.17, 15) is 14.4 Å². The molecule has 0 spiro atoms. The van der Waals surface area contributed by atoms with E-state index in [0.717, 1.165) is 0 Å².